The van der Waals surface area contributed by atoms with Gasteiger partial charge >= 0.3 is 19.8 Å². The fourth-order valence-corrected chi connectivity index (χ4v) is 7.28. The van der Waals surface area contributed by atoms with E-state index in [1.54, 1.807) is 0 Å². The summed E-state index contributed by atoms with van der Waals surface area (Å²) in [5.41, 5.74) is 0. The number of carbonyl (C=O) groups is 2. The molecule has 1 saturated carbocycles. The number of allylic oxidation sites excluding steroid dienone is 18. The van der Waals surface area contributed by atoms with E-state index >= 15 is 0 Å². The molecule has 0 amide bonds. The van der Waals surface area contributed by atoms with Gasteiger partial charge in [-0.25, -0.2) is 4.57 Å². The van der Waals surface area contributed by atoms with Gasteiger partial charge in [-0.15, -0.1) is 0 Å². The molecular weight excluding hydrogens is 852 g/mol. The van der Waals surface area contributed by atoms with Gasteiger partial charge in [-0.05, 0) is 96.3 Å². The predicted molar refractivity (Wildman–Crippen MR) is 257 cm³/mol. The van der Waals surface area contributed by atoms with E-state index < -0.39 is 75.7 Å². The van der Waals surface area contributed by atoms with Gasteiger partial charge in [-0.3, -0.25) is 18.6 Å². The molecule has 6 N–H and O–H groups in total. The molecule has 0 spiro atoms. The van der Waals surface area contributed by atoms with Gasteiger partial charge < -0.3 is 39.9 Å². The second kappa shape index (κ2) is 39.7. The van der Waals surface area contributed by atoms with E-state index in [1.807, 2.05) is 0 Å². The third-order valence-electron chi connectivity index (χ3n) is 10.1. The number of aliphatic hydroxyl groups excluding tert-OH is 5. The van der Waals surface area contributed by atoms with Crippen molar-refractivity contribution in [3.63, 3.8) is 0 Å². The number of phosphoric acid groups is 1. The van der Waals surface area contributed by atoms with Crippen molar-refractivity contribution in [3.05, 3.63) is 109 Å². The van der Waals surface area contributed by atoms with Crippen molar-refractivity contribution in [1.82, 2.24) is 0 Å². The van der Waals surface area contributed by atoms with Crippen LogP contribution < -0.4 is 0 Å². The highest BCUT2D eigenvalue weighted by Crippen LogP contribution is 2.47. The van der Waals surface area contributed by atoms with Crippen LogP contribution in [0.15, 0.2) is 109 Å². The Morgan fingerprint density at radius 2 is 0.877 bits per heavy atom. The van der Waals surface area contributed by atoms with Gasteiger partial charge in [0.15, 0.2) is 6.10 Å². The van der Waals surface area contributed by atoms with Crippen LogP contribution >= 0.6 is 7.82 Å². The highest BCUT2D eigenvalue weighted by Gasteiger charge is 2.51. The van der Waals surface area contributed by atoms with Gasteiger partial charge in [-0.1, -0.05) is 142 Å². The molecule has 0 radical (unpaired) electrons. The summed E-state index contributed by atoms with van der Waals surface area (Å²) in [6.07, 6.45) is 41.3. The minimum atomic E-state index is -5.15. The maximum absolute atomic E-state index is 12.8. The van der Waals surface area contributed by atoms with Gasteiger partial charge in [-0.2, -0.15) is 0 Å². The van der Waals surface area contributed by atoms with Crippen LogP contribution in [0.5, 0.6) is 0 Å². The Labute approximate surface area is 389 Å². The summed E-state index contributed by atoms with van der Waals surface area (Å²) in [6, 6.07) is 0. The molecule has 0 heterocycles. The van der Waals surface area contributed by atoms with Crippen molar-refractivity contribution in [1.29, 1.82) is 0 Å². The van der Waals surface area contributed by atoms with Crippen LogP contribution in [-0.2, 0) is 32.7 Å². The Morgan fingerprint density at radius 1 is 0.492 bits per heavy atom. The van der Waals surface area contributed by atoms with Crippen LogP contribution in [0.4, 0.5) is 0 Å². The van der Waals surface area contributed by atoms with Crippen molar-refractivity contribution in [2.45, 2.75) is 185 Å². The van der Waals surface area contributed by atoms with Crippen LogP contribution in [-0.4, -0.2) is 98.3 Å². The maximum atomic E-state index is 12.8. The Bertz CT molecular complexity index is 1550. The molecule has 13 nitrogen and oxygen atoms in total. The summed E-state index contributed by atoms with van der Waals surface area (Å²) in [6.45, 7) is 3.05. The van der Waals surface area contributed by atoms with Crippen molar-refractivity contribution < 1.29 is 63.1 Å². The minimum Gasteiger partial charge on any atom is -0.462 e. The first-order valence-corrected chi connectivity index (χ1v) is 25.2. The monoisotopic (exact) mass is 933 g/mol. The number of rotatable bonds is 37. The van der Waals surface area contributed by atoms with Crippen LogP contribution in [0.25, 0.3) is 0 Å². The summed E-state index contributed by atoms with van der Waals surface area (Å²) in [4.78, 5) is 35.7. The quantitative estimate of drug-likeness (QED) is 0.0149. The number of hydrogen-bond acceptors (Lipinski definition) is 12. The number of phosphoric ester groups is 1. The second-order valence-corrected chi connectivity index (χ2v) is 17.3. The van der Waals surface area contributed by atoms with Gasteiger partial charge in [0.1, 0.15) is 43.2 Å². The first-order valence-electron chi connectivity index (χ1n) is 23.7. The average molecular weight is 933 g/mol. The molecule has 368 valence electrons. The molecule has 6 unspecified atom stereocenters. The number of unbranched alkanes of at least 4 members (excludes halogenated alkanes) is 7. The number of esters is 2. The standard InChI is InChI=1S/C51H81O13P/c1-3-5-7-9-11-13-15-17-19-21-22-24-26-28-30-32-34-36-38-40-45(53)63-43(42-62-65(59,60)64-51-49(57)47(55)46(54)48(56)50(51)58)41-61-44(52)39-37-35-33-31-29-27-25-23-20-18-16-14-12-10-8-6-4-2/h5,7-8,10-11,13-14,16-17,19-20,22-24,27-30,43,46-51,54-58H,3-4,6,9,12,15,18,21,25-26,31-42H2,1-2H3,(H,59,60)/b7-5+,10-8+,13-11+,16-14+,19-17+,23-20+,24-22+,29-27+,30-28+/t43-,46?,47-,48?,49?,50?,51?/m1/s1. The van der Waals surface area contributed by atoms with Crippen LogP contribution in [0.3, 0.4) is 0 Å². The van der Waals surface area contributed by atoms with Gasteiger partial charge in [0.25, 0.3) is 0 Å². The van der Waals surface area contributed by atoms with Crippen molar-refractivity contribution in [2.75, 3.05) is 13.2 Å². The number of carbonyl (C=O) groups excluding carboxylic acids is 2. The van der Waals surface area contributed by atoms with Gasteiger partial charge in [0.2, 0.25) is 0 Å². The Kier molecular flexibility index (Phi) is 36.3. The molecule has 1 aliphatic rings. The third kappa shape index (κ3) is 32.0. The molecule has 0 bridgehead atoms. The summed E-state index contributed by atoms with van der Waals surface area (Å²) in [7, 11) is -5.15. The smallest absolute Gasteiger partial charge is 0.462 e. The van der Waals surface area contributed by atoms with Crippen molar-refractivity contribution in [3.8, 4) is 0 Å². The summed E-state index contributed by atoms with van der Waals surface area (Å²) in [5.74, 6) is -1.19. The predicted octanol–water partition coefficient (Wildman–Crippen LogP) is 9.61. The molecule has 0 aliphatic heterocycles. The highest BCUT2D eigenvalue weighted by atomic mass is 31.2. The van der Waals surface area contributed by atoms with Crippen molar-refractivity contribution >= 4 is 19.8 Å². The Hall–Kier alpha value is -3.49. The zero-order valence-electron chi connectivity index (χ0n) is 39.0. The van der Waals surface area contributed by atoms with Crippen LogP contribution in [0, 0.1) is 0 Å². The molecule has 0 saturated heterocycles. The fourth-order valence-electron chi connectivity index (χ4n) is 6.30. The van der Waals surface area contributed by atoms with E-state index in [2.05, 4.69) is 123 Å². The minimum absolute atomic E-state index is 0.0430. The largest absolute Gasteiger partial charge is 0.472 e. The average Bonchev–Trinajstić information content (AvgIpc) is 3.29. The van der Waals surface area contributed by atoms with Crippen molar-refractivity contribution in [2.24, 2.45) is 0 Å². The molecule has 1 fully saturated rings. The molecular formula is C51H81O13P. The zero-order chi connectivity index (χ0) is 47.8. The van der Waals surface area contributed by atoms with E-state index in [0.717, 1.165) is 96.3 Å². The normalized spacial score (nSPS) is 22.4. The lowest BCUT2D eigenvalue weighted by molar-refractivity contribution is -0.220. The second-order valence-electron chi connectivity index (χ2n) is 15.9. The Balaban J connectivity index is 2.51. The van der Waals surface area contributed by atoms with Gasteiger partial charge in [0, 0.05) is 12.8 Å². The van der Waals surface area contributed by atoms with Gasteiger partial charge in [0.05, 0.1) is 6.61 Å². The van der Waals surface area contributed by atoms with E-state index in [-0.39, 0.29) is 12.8 Å². The lowest BCUT2D eigenvalue weighted by Gasteiger charge is -2.41. The van der Waals surface area contributed by atoms with E-state index in [0.29, 0.717) is 12.8 Å². The molecule has 0 aromatic carbocycles. The lowest BCUT2D eigenvalue weighted by atomic mass is 9.85. The SMILES string of the molecule is CC/C=C/C/C=C/C/C=C/C/C=C/C/C=C/CCCCCC(=O)O[C@H](COC(=O)CCCCC/C=C/C/C=C/C/C=C/C/C=C/CCC)COP(=O)(O)OC1C(O)C(O)C(O)[C@@H](O)C1O. The molecule has 1 rings (SSSR count). The molecule has 0 aromatic rings. The van der Waals surface area contributed by atoms with Crippen LogP contribution in [0.2, 0.25) is 0 Å². The summed E-state index contributed by atoms with van der Waals surface area (Å²) >= 11 is 0. The highest BCUT2D eigenvalue weighted by molar-refractivity contribution is 7.47. The number of ether oxygens (including phenoxy) is 2. The Morgan fingerprint density at radius 3 is 1.31 bits per heavy atom. The first-order chi connectivity index (χ1) is 31.4. The summed E-state index contributed by atoms with van der Waals surface area (Å²) in [5, 5.41) is 50.2. The molecule has 0 aromatic heterocycles. The maximum Gasteiger partial charge on any atom is 0.472 e. The molecule has 65 heavy (non-hydrogen) atoms. The summed E-state index contributed by atoms with van der Waals surface area (Å²) < 4.78 is 33.5. The van der Waals surface area contributed by atoms with Crippen LogP contribution in [0.1, 0.15) is 142 Å². The third-order valence-corrected chi connectivity index (χ3v) is 11.1. The zero-order valence-corrected chi connectivity index (χ0v) is 39.9. The molecule has 1 aliphatic carbocycles. The van der Waals surface area contributed by atoms with E-state index in [9.17, 15) is 44.6 Å². The first kappa shape index (κ1) is 59.5. The van der Waals surface area contributed by atoms with E-state index in [1.165, 1.54) is 6.42 Å². The topological polar surface area (TPSA) is 210 Å². The lowest BCUT2D eigenvalue weighted by Crippen LogP contribution is -2.64. The number of hydrogen-bond donors (Lipinski definition) is 6. The fraction of sp³-hybridized carbons (Fsp3) is 0.608. The molecule has 14 heteroatoms. The number of aliphatic hydroxyl groups is 5. The molecule has 8 atom stereocenters. The van der Waals surface area contributed by atoms with E-state index in [4.69, 9.17) is 18.5 Å².